The molecule has 126 valence electrons. The summed E-state index contributed by atoms with van der Waals surface area (Å²) >= 11 is 6.13. The summed E-state index contributed by atoms with van der Waals surface area (Å²) in [5, 5.41) is 0.755. The Morgan fingerprint density at radius 1 is 1.04 bits per heavy atom. The Bertz CT molecular complexity index is 719. The normalized spacial score (nSPS) is 14.8. The van der Waals surface area contributed by atoms with Crippen molar-refractivity contribution >= 4 is 23.2 Å². The number of carbonyl (C=O) groups is 1. The van der Waals surface area contributed by atoms with Gasteiger partial charge < -0.3 is 9.80 Å². The van der Waals surface area contributed by atoms with E-state index in [1.165, 1.54) is 16.8 Å². The van der Waals surface area contributed by atoms with E-state index in [-0.39, 0.29) is 5.91 Å². The molecule has 3 nitrogen and oxygen atoms in total. The molecule has 0 N–H and O–H groups in total. The van der Waals surface area contributed by atoms with Crippen LogP contribution in [-0.2, 0) is 6.42 Å². The second-order valence-electron chi connectivity index (χ2n) is 6.26. The lowest BCUT2D eigenvalue weighted by Gasteiger charge is -2.37. The van der Waals surface area contributed by atoms with Gasteiger partial charge >= 0.3 is 0 Å². The third-order valence-corrected chi connectivity index (χ3v) is 4.92. The zero-order valence-electron chi connectivity index (χ0n) is 14.3. The number of piperazine rings is 1. The minimum Gasteiger partial charge on any atom is -0.368 e. The average molecular weight is 343 g/mol. The molecule has 2 aromatic rings. The van der Waals surface area contributed by atoms with E-state index in [1.807, 2.05) is 47.4 Å². The van der Waals surface area contributed by atoms with Crippen molar-refractivity contribution in [3.63, 3.8) is 0 Å². The Morgan fingerprint density at radius 3 is 2.33 bits per heavy atom. The lowest BCUT2D eigenvalue weighted by molar-refractivity contribution is 0.0747. The zero-order chi connectivity index (χ0) is 17.1. The van der Waals surface area contributed by atoms with E-state index in [4.69, 9.17) is 11.6 Å². The summed E-state index contributed by atoms with van der Waals surface area (Å²) in [4.78, 5) is 16.9. The number of benzene rings is 2. The molecule has 4 heteroatoms. The van der Waals surface area contributed by atoms with Crippen LogP contribution in [0.25, 0.3) is 0 Å². The molecule has 1 aliphatic heterocycles. The molecule has 1 heterocycles. The van der Waals surface area contributed by atoms with Crippen molar-refractivity contribution in [3.8, 4) is 0 Å². The first-order chi connectivity index (χ1) is 11.6. The first-order valence-electron chi connectivity index (χ1n) is 8.48. The van der Waals surface area contributed by atoms with Crippen LogP contribution in [0.3, 0.4) is 0 Å². The van der Waals surface area contributed by atoms with Crippen molar-refractivity contribution in [1.29, 1.82) is 0 Å². The second kappa shape index (κ2) is 7.27. The highest BCUT2D eigenvalue weighted by molar-refractivity contribution is 6.30. The molecule has 0 spiro atoms. The van der Waals surface area contributed by atoms with Crippen LogP contribution in [0, 0.1) is 6.92 Å². The largest absolute Gasteiger partial charge is 0.368 e. The number of hydrogen-bond donors (Lipinski definition) is 0. The first-order valence-corrected chi connectivity index (χ1v) is 8.85. The van der Waals surface area contributed by atoms with E-state index in [0.29, 0.717) is 0 Å². The number of carbonyl (C=O) groups excluding carboxylic acids is 1. The Labute approximate surface area is 148 Å². The van der Waals surface area contributed by atoms with Gasteiger partial charge in [-0.1, -0.05) is 36.7 Å². The fraction of sp³-hybridized carbons (Fsp3) is 0.350. The van der Waals surface area contributed by atoms with Gasteiger partial charge in [-0.25, -0.2) is 0 Å². The van der Waals surface area contributed by atoms with Crippen LogP contribution in [0.2, 0.25) is 5.02 Å². The lowest BCUT2D eigenvalue weighted by atomic mass is 10.1. The molecular formula is C20H23ClN2O. The molecule has 1 aliphatic rings. The van der Waals surface area contributed by atoms with Crippen LogP contribution in [0.4, 0.5) is 5.69 Å². The minimum absolute atomic E-state index is 0.125. The van der Waals surface area contributed by atoms with E-state index >= 15 is 0 Å². The molecule has 2 aromatic carbocycles. The predicted molar refractivity (Wildman–Crippen MR) is 100 cm³/mol. The number of hydrogen-bond acceptors (Lipinski definition) is 2. The average Bonchev–Trinajstić information content (AvgIpc) is 2.63. The van der Waals surface area contributed by atoms with Gasteiger partial charge in [-0.15, -0.1) is 0 Å². The second-order valence-corrected chi connectivity index (χ2v) is 6.70. The smallest absolute Gasteiger partial charge is 0.253 e. The number of halogens is 1. The molecular weight excluding hydrogens is 320 g/mol. The first kappa shape index (κ1) is 16.8. The third kappa shape index (κ3) is 3.57. The molecule has 3 rings (SSSR count). The minimum atomic E-state index is 0.125. The monoisotopic (exact) mass is 342 g/mol. The van der Waals surface area contributed by atoms with E-state index in [2.05, 4.69) is 18.7 Å². The molecule has 0 unspecified atom stereocenters. The van der Waals surface area contributed by atoms with Crippen molar-refractivity contribution in [1.82, 2.24) is 4.90 Å². The van der Waals surface area contributed by atoms with Crippen LogP contribution in [0.15, 0.2) is 42.5 Å². The molecule has 0 bridgehead atoms. The van der Waals surface area contributed by atoms with E-state index in [0.717, 1.165) is 43.2 Å². The number of amides is 1. The topological polar surface area (TPSA) is 23.6 Å². The van der Waals surface area contributed by atoms with Crippen LogP contribution in [0.1, 0.15) is 28.4 Å². The Balaban J connectivity index is 1.65. The van der Waals surface area contributed by atoms with Crippen LogP contribution in [0.5, 0.6) is 0 Å². The fourth-order valence-corrected chi connectivity index (χ4v) is 3.31. The highest BCUT2D eigenvalue weighted by Crippen LogP contribution is 2.25. The molecule has 0 atom stereocenters. The van der Waals surface area contributed by atoms with Gasteiger partial charge in [0.15, 0.2) is 0 Å². The maximum Gasteiger partial charge on any atom is 0.253 e. The van der Waals surface area contributed by atoms with Crippen molar-refractivity contribution < 1.29 is 4.79 Å². The summed E-state index contributed by atoms with van der Waals surface area (Å²) in [6.07, 6.45) is 0.992. The van der Waals surface area contributed by atoms with E-state index in [9.17, 15) is 4.79 Å². The molecule has 1 amide bonds. The summed E-state index contributed by atoms with van der Waals surface area (Å²) < 4.78 is 0. The fourth-order valence-electron chi connectivity index (χ4n) is 3.14. The summed E-state index contributed by atoms with van der Waals surface area (Å²) in [7, 11) is 0. The highest BCUT2D eigenvalue weighted by Gasteiger charge is 2.23. The Morgan fingerprint density at radius 2 is 1.71 bits per heavy atom. The van der Waals surface area contributed by atoms with Crippen LogP contribution < -0.4 is 4.90 Å². The van der Waals surface area contributed by atoms with Crippen molar-refractivity contribution in [2.45, 2.75) is 20.3 Å². The molecule has 0 aliphatic carbocycles. The zero-order valence-corrected chi connectivity index (χ0v) is 15.0. The summed E-state index contributed by atoms with van der Waals surface area (Å²) in [5.41, 5.74) is 4.42. The van der Waals surface area contributed by atoms with Gasteiger partial charge in [0.05, 0.1) is 0 Å². The molecule has 0 saturated carbocycles. The van der Waals surface area contributed by atoms with Crippen molar-refractivity contribution in [3.05, 3.63) is 64.2 Å². The van der Waals surface area contributed by atoms with Gasteiger partial charge in [0.1, 0.15) is 0 Å². The highest BCUT2D eigenvalue weighted by atomic mass is 35.5. The van der Waals surface area contributed by atoms with Gasteiger partial charge in [0.2, 0.25) is 0 Å². The van der Waals surface area contributed by atoms with E-state index in [1.54, 1.807) is 0 Å². The number of rotatable bonds is 3. The van der Waals surface area contributed by atoms with Gasteiger partial charge in [-0.05, 0) is 48.7 Å². The molecule has 0 radical (unpaired) electrons. The van der Waals surface area contributed by atoms with Crippen molar-refractivity contribution in [2.75, 3.05) is 31.1 Å². The molecule has 1 saturated heterocycles. The maximum absolute atomic E-state index is 12.6. The standard InChI is InChI=1S/C20H23ClN2O/c1-3-16-5-7-17(8-6-16)20(24)23-12-10-22(11-13-23)19-14-18(21)9-4-15(19)2/h4-9,14H,3,10-13H2,1-2H3. The van der Waals surface area contributed by atoms with Gasteiger partial charge in [0, 0.05) is 42.5 Å². The molecule has 1 fully saturated rings. The summed E-state index contributed by atoms with van der Waals surface area (Å²) in [6.45, 7) is 7.35. The predicted octanol–water partition coefficient (Wildman–Crippen LogP) is 4.17. The Hall–Kier alpha value is -2.00. The molecule has 0 aromatic heterocycles. The van der Waals surface area contributed by atoms with Crippen LogP contribution in [-0.4, -0.2) is 37.0 Å². The number of anilines is 1. The van der Waals surface area contributed by atoms with Gasteiger partial charge in [0.25, 0.3) is 5.91 Å². The quantitative estimate of drug-likeness (QED) is 0.835. The number of nitrogens with zero attached hydrogens (tertiary/aromatic N) is 2. The van der Waals surface area contributed by atoms with Crippen LogP contribution >= 0.6 is 11.6 Å². The van der Waals surface area contributed by atoms with Gasteiger partial charge in [-0.2, -0.15) is 0 Å². The van der Waals surface area contributed by atoms with Crippen molar-refractivity contribution in [2.24, 2.45) is 0 Å². The third-order valence-electron chi connectivity index (χ3n) is 4.69. The molecule has 24 heavy (non-hydrogen) atoms. The van der Waals surface area contributed by atoms with E-state index < -0.39 is 0 Å². The maximum atomic E-state index is 12.6. The number of aryl methyl sites for hydroxylation is 2. The summed E-state index contributed by atoms with van der Waals surface area (Å²) in [5.74, 6) is 0.125. The summed E-state index contributed by atoms with van der Waals surface area (Å²) in [6, 6.07) is 13.9. The van der Waals surface area contributed by atoms with Gasteiger partial charge in [-0.3, -0.25) is 4.79 Å². The SMILES string of the molecule is CCc1ccc(C(=O)N2CCN(c3cc(Cl)ccc3C)CC2)cc1. The lowest BCUT2D eigenvalue weighted by Crippen LogP contribution is -2.49. The Kier molecular flexibility index (Phi) is 5.10.